The normalized spacial score (nSPS) is 11.2. The van der Waals surface area contributed by atoms with Crippen molar-refractivity contribution in [1.29, 1.82) is 0 Å². The predicted molar refractivity (Wildman–Crippen MR) is 91.2 cm³/mol. The lowest BCUT2D eigenvalue weighted by Gasteiger charge is -2.13. The number of benzene rings is 2. The van der Waals surface area contributed by atoms with E-state index in [-0.39, 0.29) is 11.3 Å². The zero-order valence-corrected chi connectivity index (χ0v) is 13.5. The first-order valence-corrected chi connectivity index (χ1v) is 8.05. The number of carbonyl (C=O) groups excluding carboxylic acids is 1. The van der Waals surface area contributed by atoms with Gasteiger partial charge in [-0.05, 0) is 30.3 Å². The molecule has 0 aliphatic heterocycles. The summed E-state index contributed by atoms with van der Waals surface area (Å²) in [6.07, 6.45) is -2.91. The average Bonchev–Trinajstić information content (AvgIpc) is 3.07. The summed E-state index contributed by atoms with van der Waals surface area (Å²) in [4.78, 5) is 16.4. The Hall–Kier alpha value is -2.87. The second-order valence-corrected chi connectivity index (χ2v) is 5.94. The van der Waals surface area contributed by atoms with E-state index in [1.165, 1.54) is 35.6 Å². The van der Waals surface area contributed by atoms with Crippen LogP contribution in [0.15, 0.2) is 60.1 Å². The zero-order chi connectivity index (χ0) is 17.9. The summed E-state index contributed by atoms with van der Waals surface area (Å²) in [6.45, 7) is 0. The van der Waals surface area contributed by atoms with Crippen LogP contribution in [0, 0.1) is 0 Å². The first-order valence-electron chi connectivity index (χ1n) is 7.17. The molecule has 1 amide bonds. The third-order valence-electron chi connectivity index (χ3n) is 3.29. The van der Waals surface area contributed by atoms with Crippen LogP contribution in [0.25, 0.3) is 0 Å². The van der Waals surface area contributed by atoms with E-state index in [9.17, 15) is 18.0 Å². The molecular weight excluding hydrogens is 351 g/mol. The molecule has 3 aromatic rings. The van der Waals surface area contributed by atoms with Gasteiger partial charge in [-0.2, -0.15) is 13.2 Å². The maximum absolute atomic E-state index is 13.0. The van der Waals surface area contributed by atoms with E-state index in [1.54, 1.807) is 29.8 Å². The SMILES string of the molecule is O=C(Nc1ccccc1C(F)(F)F)c1cccc(Nc2nccs2)c1. The molecule has 0 aliphatic rings. The molecule has 4 nitrogen and oxygen atoms in total. The Kier molecular flexibility index (Phi) is 4.71. The van der Waals surface area contributed by atoms with Crippen LogP contribution in [0.4, 0.5) is 29.7 Å². The molecule has 2 N–H and O–H groups in total. The lowest BCUT2D eigenvalue weighted by Crippen LogP contribution is -2.16. The first kappa shape index (κ1) is 17.0. The fourth-order valence-electron chi connectivity index (χ4n) is 2.18. The summed E-state index contributed by atoms with van der Waals surface area (Å²) < 4.78 is 39.0. The highest BCUT2D eigenvalue weighted by Crippen LogP contribution is 2.34. The minimum Gasteiger partial charge on any atom is -0.332 e. The number of amides is 1. The van der Waals surface area contributed by atoms with Crippen molar-refractivity contribution in [3.8, 4) is 0 Å². The molecule has 3 rings (SSSR count). The summed E-state index contributed by atoms with van der Waals surface area (Å²) in [5.74, 6) is -0.625. The predicted octanol–water partition coefficient (Wildman–Crippen LogP) is 5.16. The van der Waals surface area contributed by atoms with Crippen molar-refractivity contribution in [3.05, 3.63) is 71.2 Å². The molecule has 0 saturated heterocycles. The smallest absolute Gasteiger partial charge is 0.332 e. The monoisotopic (exact) mass is 363 g/mol. The maximum Gasteiger partial charge on any atom is 0.418 e. The van der Waals surface area contributed by atoms with Gasteiger partial charge in [0, 0.05) is 22.8 Å². The second-order valence-electron chi connectivity index (χ2n) is 5.04. The van der Waals surface area contributed by atoms with E-state index in [0.717, 1.165) is 6.07 Å². The van der Waals surface area contributed by atoms with E-state index in [1.807, 2.05) is 0 Å². The number of carbonyl (C=O) groups is 1. The molecule has 0 spiro atoms. The molecule has 0 aliphatic carbocycles. The van der Waals surface area contributed by atoms with Crippen LogP contribution in [0.2, 0.25) is 0 Å². The molecule has 1 heterocycles. The van der Waals surface area contributed by atoms with Crippen LogP contribution in [0.1, 0.15) is 15.9 Å². The number of nitrogens with one attached hydrogen (secondary N) is 2. The van der Waals surface area contributed by atoms with E-state index in [4.69, 9.17) is 0 Å². The number of aromatic nitrogens is 1. The van der Waals surface area contributed by atoms with Crippen molar-refractivity contribution in [2.24, 2.45) is 0 Å². The number of rotatable bonds is 4. The summed E-state index contributed by atoms with van der Waals surface area (Å²) in [6, 6.07) is 11.3. The Morgan fingerprint density at radius 3 is 2.60 bits per heavy atom. The summed E-state index contributed by atoms with van der Waals surface area (Å²) in [5, 5.41) is 7.80. The van der Waals surface area contributed by atoms with Gasteiger partial charge in [0.1, 0.15) is 0 Å². The highest BCUT2D eigenvalue weighted by molar-refractivity contribution is 7.13. The van der Waals surface area contributed by atoms with E-state index < -0.39 is 17.6 Å². The molecular formula is C17H12F3N3OS. The van der Waals surface area contributed by atoms with Gasteiger partial charge < -0.3 is 10.6 Å². The standard InChI is InChI=1S/C17H12F3N3OS/c18-17(19,20)13-6-1-2-7-14(13)23-15(24)11-4-3-5-12(10-11)22-16-21-8-9-25-16/h1-10H,(H,21,22)(H,23,24). The zero-order valence-electron chi connectivity index (χ0n) is 12.7. The number of alkyl halides is 3. The minimum absolute atomic E-state index is 0.235. The second kappa shape index (κ2) is 6.94. The number of thiazole rings is 1. The van der Waals surface area contributed by atoms with Crippen LogP contribution >= 0.6 is 11.3 Å². The molecule has 8 heteroatoms. The number of hydrogen-bond donors (Lipinski definition) is 2. The molecule has 1 aromatic heterocycles. The van der Waals surface area contributed by atoms with E-state index in [0.29, 0.717) is 10.8 Å². The van der Waals surface area contributed by atoms with Crippen LogP contribution in [-0.2, 0) is 6.18 Å². The van der Waals surface area contributed by atoms with Gasteiger partial charge >= 0.3 is 6.18 Å². The van der Waals surface area contributed by atoms with Crippen molar-refractivity contribution in [2.75, 3.05) is 10.6 Å². The van der Waals surface area contributed by atoms with Crippen molar-refractivity contribution in [2.45, 2.75) is 6.18 Å². The van der Waals surface area contributed by atoms with Crippen LogP contribution < -0.4 is 10.6 Å². The van der Waals surface area contributed by atoms with Gasteiger partial charge in [-0.15, -0.1) is 11.3 Å². The fourth-order valence-corrected chi connectivity index (χ4v) is 2.73. The van der Waals surface area contributed by atoms with Gasteiger partial charge in [0.05, 0.1) is 11.3 Å². The Morgan fingerprint density at radius 1 is 1.08 bits per heavy atom. The number of nitrogens with zero attached hydrogens (tertiary/aromatic N) is 1. The first-order chi connectivity index (χ1) is 11.9. The van der Waals surface area contributed by atoms with E-state index in [2.05, 4.69) is 15.6 Å². The number of hydrogen-bond acceptors (Lipinski definition) is 4. The molecule has 25 heavy (non-hydrogen) atoms. The van der Waals surface area contributed by atoms with Gasteiger partial charge in [-0.1, -0.05) is 18.2 Å². The lowest BCUT2D eigenvalue weighted by molar-refractivity contribution is -0.136. The topological polar surface area (TPSA) is 54.0 Å². The van der Waals surface area contributed by atoms with Crippen molar-refractivity contribution in [1.82, 2.24) is 4.98 Å². The summed E-state index contributed by atoms with van der Waals surface area (Å²) in [5.41, 5.74) is -0.316. The molecule has 0 unspecified atom stereocenters. The maximum atomic E-state index is 13.0. The van der Waals surface area contributed by atoms with Crippen molar-refractivity contribution in [3.63, 3.8) is 0 Å². The molecule has 0 saturated carbocycles. The minimum atomic E-state index is -4.54. The molecule has 0 fully saturated rings. The Morgan fingerprint density at radius 2 is 1.88 bits per heavy atom. The third-order valence-corrected chi connectivity index (χ3v) is 3.98. The highest BCUT2D eigenvalue weighted by atomic mass is 32.1. The fraction of sp³-hybridized carbons (Fsp3) is 0.0588. The van der Waals surface area contributed by atoms with Crippen LogP contribution in [0.3, 0.4) is 0 Å². The van der Waals surface area contributed by atoms with Gasteiger partial charge in [-0.25, -0.2) is 4.98 Å². The molecule has 0 radical (unpaired) electrons. The van der Waals surface area contributed by atoms with Gasteiger partial charge in [0.25, 0.3) is 5.91 Å². The quantitative estimate of drug-likeness (QED) is 0.673. The summed E-state index contributed by atoms with van der Waals surface area (Å²) in [7, 11) is 0. The summed E-state index contributed by atoms with van der Waals surface area (Å²) >= 11 is 1.39. The number of anilines is 3. The third kappa shape index (κ3) is 4.16. The molecule has 2 aromatic carbocycles. The largest absolute Gasteiger partial charge is 0.418 e. The van der Waals surface area contributed by atoms with Gasteiger partial charge in [0.15, 0.2) is 5.13 Å². The molecule has 0 bridgehead atoms. The van der Waals surface area contributed by atoms with E-state index >= 15 is 0 Å². The van der Waals surface area contributed by atoms with Gasteiger partial charge in [0.2, 0.25) is 0 Å². The average molecular weight is 363 g/mol. The van der Waals surface area contributed by atoms with Crippen molar-refractivity contribution >= 4 is 33.8 Å². The van der Waals surface area contributed by atoms with Crippen LogP contribution in [-0.4, -0.2) is 10.9 Å². The Labute approximate surface area is 145 Å². The van der Waals surface area contributed by atoms with Crippen LogP contribution in [0.5, 0.6) is 0 Å². The highest BCUT2D eigenvalue weighted by Gasteiger charge is 2.33. The lowest BCUT2D eigenvalue weighted by atomic mass is 10.1. The Bertz CT molecular complexity index is 879. The number of halogens is 3. The molecule has 128 valence electrons. The Balaban J connectivity index is 1.81. The molecule has 0 atom stereocenters. The van der Waals surface area contributed by atoms with Crippen molar-refractivity contribution < 1.29 is 18.0 Å². The number of para-hydroxylation sites is 1. The van der Waals surface area contributed by atoms with Gasteiger partial charge in [-0.3, -0.25) is 4.79 Å².